The largest absolute Gasteiger partial charge is 0.497 e. The molecule has 0 saturated carbocycles. The summed E-state index contributed by atoms with van der Waals surface area (Å²) in [6.07, 6.45) is 0. The van der Waals surface area contributed by atoms with Gasteiger partial charge in [-0.3, -0.25) is 14.9 Å². The Morgan fingerprint density at radius 3 is 2.40 bits per heavy atom. The van der Waals surface area contributed by atoms with Crippen LogP contribution in [0.4, 0.5) is 0 Å². The van der Waals surface area contributed by atoms with Gasteiger partial charge in [-0.15, -0.1) is 11.8 Å². The molecule has 0 spiro atoms. The van der Waals surface area contributed by atoms with Gasteiger partial charge in [0.1, 0.15) is 10.5 Å². The van der Waals surface area contributed by atoms with E-state index in [1.165, 1.54) is 21.0 Å². The molecule has 0 aromatic heterocycles. The fraction of sp³-hybridized carbons (Fsp3) is 0.462. The van der Waals surface area contributed by atoms with Crippen LogP contribution in [0, 0.1) is 10.1 Å². The maximum absolute atomic E-state index is 11.2. The minimum atomic E-state index is -1.10. The molecule has 0 radical (unpaired) electrons. The standard InChI is InChI=1S/C13H17NO5S/c1-13(2,12(15)16)20-11(8-14(17)18)9-4-6-10(19-3)7-5-9/h4-7,11H,8H2,1-3H3,(H,15,16). The number of nitrogens with zero attached hydrogens (tertiary/aromatic N) is 1. The number of ether oxygens (including phenoxy) is 1. The highest BCUT2D eigenvalue weighted by Crippen LogP contribution is 2.39. The average Bonchev–Trinajstić information content (AvgIpc) is 2.37. The highest BCUT2D eigenvalue weighted by Gasteiger charge is 2.34. The van der Waals surface area contributed by atoms with Gasteiger partial charge in [0.25, 0.3) is 0 Å². The molecule has 0 aliphatic rings. The van der Waals surface area contributed by atoms with Crippen LogP contribution in [0.2, 0.25) is 0 Å². The van der Waals surface area contributed by atoms with Crippen molar-refractivity contribution in [2.45, 2.75) is 23.8 Å². The number of hydrogen-bond acceptors (Lipinski definition) is 5. The second-order valence-electron chi connectivity index (χ2n) is 4.71. The van der Waals surface area contributed by atoms with Crippen molar-refractivity contribution in [3.63, 3.8) is 0 Å². The van der Waals surface area contributed by atoms with Gasteiger partial charge in [-0.2, -0.15) is 0 Å². The molecule has 1 unspecified atom stereocenters. The number of rotatable bonds is 7. The summed E-state index contributed by atoms with van der Waals surface area (Å²) in [5, 5.41) is 19.4. The lowest BCUT2D eigenvalue weighted by atomic mass is 10.1. The van der Waals surface area contributed by atoms with Crippen LogP contribution in [-0.4, -0.2) is 34.4 Å². The van der Waals surface area contributed by atoms with Gasteiger partial charge < -0.3 is 9.84 Å². The van der Waals surface area contributed by atoms with Crippen molar-refractivity contribution in [2.24, 2.45) is 0 Å². The van der Waals surface area contributed by atoms with E-state index in [1.54, 1.807) is 24.3 Å². The van der Waals surface area contributed by atoms with Gasteiger partial charge in [0.15, 0.2) is 0 Å². The first-order valence-corrected chi connectivity index (χ1v) is 6.81. The van der Waals surface area contributed by atoms with E-state index in [4.69, 9.17) is 9.84 Å². The van der Waals surface area contributed by atoms with Crippen LogP contribution in [-0.2, 0) is 4.79 Å². The van der Waals surface area contributed by atoms with Crippen LogP contribution in [0.15, 0.2) is 24.3 Å². The molecule has 0 amide bonds. The molecule has 1 aromatic carbocycles. The number of methoxy groups -OCH3 is 1. The first kappa shape index (κ1) is 16.3. The molecule has 20 heavy (non-hydrogen) atoms. The van der Waals surface area contributed by atoms with E-state index in [9.17, 15) is 14.9 Å². The number of hydrogen-bond donors (Lipinski definition) is 1. The normalized spacial score (nSPS) is 12.8. The quantitative estimate of drug-likeness (QED) is 0.615. The van der Waals surface area contributed by atoms with Crippen molar-refractivity contribution in [3.8, 4) is 5.75 Å². The molecule has 1 N–H and O–H groups in total. The molecule has 1 aromatic rings. The SMILES string of the molecule is COc1ccc(C(C[N+](=O)[O-])SC(C)(C)C(=O)O)cc1. The van der Waals surface area contributed by atoms with Crippen LogP contribution in [0.25, 0.3) is 0 Å². The molecule has 0 aliphatic carbocycles. The number of carboxylic acid groups (broad SMARTS) is 1. The zero-order chi connectivity index (χ0) is 15.3. The van der Waals surface area contributed by atoms with Gasteiger partial charge >= 0.3 is 5.97 Å². The minimum absolute atomic E-state index is 0.326. The van der Waals surface area contributed by atoms with Gasteiger partial charge in [-0.25, -0.2) is 0 Å². The smallest absolute Gasteiger partial charge is 0.319 e. The highest BCUT2D eigenvalue weighted by molar-refractivity contribution is 8.01. The Morgan fingerprint density at radius 1 is 1.45 bits per heavy atom. The lowest BCUT2D eigenvalue weighted by Gasteiger charge is -2.23. The van der Waals surface area contributed by atoms with E-state index in [2.05, 4.69) is 0 Å². The zero-order valence-corrected chi connectivity index (χ0v) is 12.3. The predicted molar refractivity (Wildman–Crippen MR) is 76.9 cm³/mol. The fourth-order valence-electron chi connectivity index (χ4n) is 1.57. The Labute approximate surface area is 121 Å². The summed E-state index contributed by atoms with van der Waals surface area (Å²) in [5.41, 5.74) is 0.710. The summed E-state index contributed by atoms with van der Waals surface area (Å²) in [5.74, 6) is -0.347. The molecule has 0 bridgehead atoms. The maximum Gasteiger partial charge on any atom is 0.319 e. The first-order valence-electron chi connectivity index (χ1n) is 5.93. The van der Waals surface area contributed by atoms with Gasteiger partial charge in [-0.05, 0) is 31.5 Å². The molecule has 7 heteroatoms. The van der Waals surface area contributed by atoms with Gasteiger partial charge in [0, 0.05) is 4.92 Å². The average molecular weight is 299 g/mol. The summed E-state index contributed by atoms with van der Waals surface area (Å²) < 4.78 is 3.94. The second kappa shape index (κ2) is 6.60. The van der Waals surface area contributed by atoms with Crippen molar-refractivity contribution in [3.05, 3.63) is 39.9 Å². The topological polar surface area (TPSA) is 89.7 Å². The molecule has 6 nitrogen and oxygen atoms in total. The second-order valence-corrected chi connectivity index (χ2v) is 6.54. The van der Waals surface area contributed by atoms with E-state index < -0.39 is 20.9 Å². The van der Waals surface area contributed by atoms with Crippen LogP contribution in [0.5, 0.6) is 5.75 Å². The van der Waals surface area contributed by atoms with Gasteiger partial charge in [-0.1, -0.05) is 12.1 Å². The molecule has 1 atom stereocenters. The highest BCUT2D eigenvalue weighted by atomic mass is 32.2. The van der Waals surface area contributed by atoms with Crippen LogP contribution in [0.3, 0.4) is 0 Å². The minimum Gasteiger partial charge on any atom is -0.497 e. The Balaban J connectivity index is 2.99. The number of nitro groups is 1. The number of benzene rings is 1. The van der Waals surface area contributed by atoms with Gasteiger partial charge in [0.2, 0.25) is 6.54 Å². The number of thioether (sulfide) groups is 1. The van der Waals surface area contributed by atoms with E-state index in [0.717, 1.165) is 11.8 Å². The Hall–Kier alpha value is -1.76. The number of aliphatic carboxylic acids is 1. The molecule has 0 saturated heterocycles. The molecule has 0 aliphatic heterocycles. The third kappa shape index (κ3) is 4.41. The van der Waals surface area contributed by atoms with Crippen molar-refractivity contribution in [2.75, 3.05) is 13.7 Å². The molecular formula is C13H17NO5S. The molecule has 1 rings (SSSR count). The lowest BCUT2D eigenvalue weighted by molar-refractivity contribution is -0.479. The first-order chi connectivity index (χ1) is 9.26. The number of carboxylic acids is 1. The summed E-state index contributed by atoms with van der Waals surface area (Å²) in [4.78, 5) is 21.5. The van der Waals surface area contributed by atoms with Crippen LogP contribution >= 0.6 is 11.8 Å². The Bertz CT molecular complexity index is 486. The zero-order valence-electron chi connectivity index (χ0n) is 11.5. The fourth-order valence-corrected chi connectivity index (χ4v) is 2.87. The Morgan fingerprint density at radius 2 is 2.00 bits per heavy atom. The van der Waals surface area contributed by atoms with E-state index in [1.807, 2.05) is 0 Å². The van der Waals surface area contributed by atoms with E-state index in [-0.39, 0.29) is 6.54 Å². The maximum atomic E-state index is 11.2. The number of carbonyl (C=O) groups is 1. The van der Waals surface area contributed by atoms with Crippen LogP contribution < -0.4 is 4.74 Å². The molecule has 0 heterocycles. The molecular weight excluding hydrogens is 282 g/mol. The van der Waals surface area contributed by atoms with E-state index in [0.29, 0.717) is 11.3 Å². The predicted octanol–water partition coefficient (Wildman–Crippen LogP) is 2.61. The molecule has 110 valence electrons. The third-order valence-electron chi connectivity index (χ3n) is 2.75. The molecule has 0 fully saturated rings. The van der Waals surface area contributed by atoms with Crippen molar-refractivity contribution >= 4 is 17.7 Å². The van der Waals surface area contributed by atoms with Crippen LogP contribution in [0.1, 0.15) is 24.7 Å². The van der Waals surface area contributed by atoms with Crippen molar-refractivity contribution in [1.82, 2.24) is 0 Å². The van der Waals surface area contributed by atoms with E-state index >= 15 is 0 Å². The van der Waals surface area contributed by atoms with Crippen molar-refractivity contribution in [1.29, 1.82) is 0 Å². The monoisotopic (exact) mass is 299 g/mol. The Kier molecular flexibility index (Phi) is 5.38. The summed E-state index contributed by atoms with van der Waals surface area (Å²) >= 11 is 1.07. The van der Waals surface area contributed by atoms with Gasteiger partial charge in [0.05, 0.1) is 12.4 Å². The summed E-state index contributed by atoms with van der Waals surface area (Å²) in [6.45, 7) is 2.75. The summed E-state index contributed by atoms with van der Waals surface area (Å²) in [6, 6.07) is 6.85. The lowest BCUT2D eigenvalue weighted by Crippen LogP contribution is -2.29. The third-order valence-corrected chi connectivity index (χ3v) is 4.22. The summed E-state index contributed by atoms with van der Waals surface area (Å²) in [7, 11) is 1.53. The van der Waals surface area contributed by atoms with Crippen molar-refractivity contribution < 1.29 is 19.6 Å².